The summed E-state index contributed by atoms with van der Waals surface area (Å²) in [6.07, 6.45) is -0.659. The third-order valence-electron chi connectivity index (χ3n) is 3.44. The average Bonchev–Trinajstić information content (AvgIpc) is 2.55. The predicted octanol–water partition coefficient (Wildman–Crippen LogP) is 2.05. The third kappa shape index (κ3) is 3.05. The first-order valence-electron chi connectivity index (χ1n) is 6.34. The number of carbonyl (C=O) groups is 1. The second-order valence-corrected chi connectivity index (χ2v) is 5.39. The van der Waals surface area contributed by atoms with Crippen molar-refractivity contribution in [1.29, 1.82) is 0 Å². The van der Waals surface area contributed by atoms with E-state index in [4.69, 9.17) is 4.74 Å². The van der Waals surface area contributed by atoms with Crippen LogP contribution >= 0.6 is 0 Å². The number of rotatable bonds is 5. The van der Waals surface area contributed by atoms with Crippen LogP contribution in [0.2, 0.25) is 0 Å². The van der Waals surface area contributed by atoms with Crippen molar-refractivity contribution >= 4 is 5.78 Å². The largest absolute Gasteiger partial charge is 0.383 e. The maximum absolute atomic E-state index is 14.0. The Morgan fingerprint density at radius 2 is 2.00 bits per heavy atom. The predicted molar refractivity (Wildman–Crippen MR) is 65.8 cm³/mol. The Hall–Kier alpha value is -0.480. The summed E-state index contributed by atoms with van der Waals surface area (Å²) >= 11 is 0. The van der Waals surface area contributed by atoms with Gasteiger partial charge in [0.05, 0.1) is 18.7 Å². The molecule has 17 heavy (non-hydrogen) atoms. The fourth-order valence-electron chi connectivity index (χ4n) is 2.66. The van der Waals surface area contributed by atoms with Crippen LogP contribution in [-0.4, -0.2) is 48.7 Å². The van der Waals surface area contributed by atoms with Gasteiger partial charge in [-0.25, -0.2) is 4.39 Å². The standard InChI is InChI=1S/C13H24FNO2/c1-8(2)13(16)11-6-10(14)12(7-17-5)15(11)9(3)4/h8-12H,6-7H2,1-5H3/t10-,11+,12+/m1/s1. The molecule has 0 saturated carbocycles. The van der Waals surface area contributed by atoms with Gasteiger partial charge < -0.3 is 4.74 Å². The Kier molecular flexibility index (Phi) is 5.07. The molecular formula is C13H24FNO2. The molecule has 0 N–H and O–H groups in total. The minimum Gasteiger partial charge on any atom is -0.383 e. The summed E-state index contributed by atoms with van der Waals surface area (Å²) in [5.74, 6) is 0.0923. The van der Waals surface area contributed by atoms with Gasteiger partial charge in [0, 0.05) is 25.5 Å². The van der Waals surface area contributed by atoms with E-state index < -0.39 is 6.17 Å². The number of halogens is 1. The number of hydrogen-bond acceptors (Lipinski definition) is 3. The SMILES string of the molecule is COC[C@H]1[C@H](F)C[C@@H](C(=O)C(C)C)N1C(C)C. The highest BCUT2D eigenvalue weighted by atomic mass is 19.1. The van der Waals surface area contributed by atoms with Crippen molar-refractivity contribution in [3.8, 4) is 0 Å². The Balaban J connectivity index is 2.88. The number of methoxy groups -OCH3 is 1. The van der Waals surface area contributed by atoms with Gasteiger partial charge in [-0.2, -0.15) is 0 Å². The summed E-state index contributed by atoms with van der Waals surface area (Å²) in [4.78, 5) is 14.1. The Morgan fingerprint density at radius 1 is 1.41 bits per heavy atom. The van der Waals surface area contributed by atoms with Gasteiger partial charge in [-0.1, -0.05) is 13.8 Å². The zero-order chi connectivity index (χ0) is 13.2. The number of carbonyl (C=O) groups excluding carboxylic acids is 1. The smallest absolute Gasteiger partial charge is 0.152 e. The first-order valence-corrected chi connectivity index (χ1v) is 6.34. The first kappa shape index (κ1) is 14.6. The number of nitrogens with zero attached hydrogens (tertiary/aromatic N) is 1. The van der Waals surface area contributed by atoms with Gasteiger partial charge in [0.1, 0.15) is 6.17 Å². The van der Waals surface area contributed by atoms with E-state index in [1.54, 1.807) is 7.11 Å². The quantitative estimate of drug-likeness (QED) is 0.742. The molecule has 0 radical (unpaired) electrons. The van der Waals surface area contributed by atoms with Gasteiger partial charge in [0.2, 0.25) is 0 Å². The highest BCUT2D eigenvalue weighted by Gasteiger charge is 2.46. The molecule has 0 aromatic rings. The molecule has 1 rings (SSSR count). The normalized spacial score (nSPS) is 30.5. The lowest BCUT2D eigenvalue weighted by Gasteiger charge is -2.33. The molecule has 4 heteroatoms. The summed E-state index contributed by atoms with van der Waals surface area (Å²) < 4.78 is 19.1. The van der Waals surface area contributed by atoms with E-state index in [0.29, 0.717) is 13.0 Å². The average molecular weight is 245 g/mol. The second kappa shape index (κ2) is 5.91. The molecule has 1 aliphatic heterocycles. The summed E-state index contributed by atoms with van der Waals surface area (Å²) in [6, 6.07) is -0.415. The van der Waals surface area contributed by atoms with E-state index in [9.17, 15) is 9.18 Å². The van der Waals surface area contributed by atoms with Crippen LogP contribution in [0.3, 0.4) is 0 Å². The molecule has 1 fully saturated rings. The number of Topliss-reactive ketones (excluding diaryl/α,β-unsaturated/α-hetero) is 1. The molecule has 3 atom stereocenters. The van der Waals surface area contributed by atoms with Crippen molar-refractivity contribution in [3.05, 3.63) is 0 Å². The van der Waals surface area contributed by atoms with E-state index in [1.807, 2.05) is 32.6 Å². The lowest BCUT2D eigenvalue weighted by molar-refractivity contribution is -0.127. The van der Waals surface area contributed by atoms with Crippen LogP contribution in [-0.2, 0) is 9.53 Å². The molecular weight excluding hydrogens is 221 g/mol. The first-order chi connectivity index (χ1) is 7.90. The molecule has 3 nitrogen and oxygen atoms in total. The van der Waals surface area contributed by atoms with Crippen molar-refractivity contribution in [2.24, 2.45) is 5.92 Å². The number of ketones is 1. The summed E-state index contributed by atoms with van der Waals surface area (Å²) in [5.41, 5.74) is 0. The van der Waals surface area contributed by atoms with Gasteiger partial charge in [-0.3, -0.25) is 9.69 Å². The van der Waals surface area contributed by atoms with E-state index in [0.717, 1.165) is 0 Å². The maximum atomic E-state index is 14.0. The van der Waals surface area contributed by atoms with Gasteiger partial charge in [0.15, 0.2) is 5.78 Å². The monoisotopic (exact) mass is 245 g/mol. The third-order valence-corrected chi connectivity index (χ3v) is 3.44. The Labute approximate surface area is 103 Å². The molecule has 0 aliphatic carbocycles. The zero-order valence-electron chi connectivity index (χ0n) is 11.4. The van der Waals surface area contributed by atoms with Gasteiger partial charge in [-0.15, -0.1) is 0 Å². The van der Waals surface area contributed by atoms with E-state index in [2.05, 4.69) is 0 Å². The Morgan fingerprint density at radius 3 is 2.41 bits per heavy atom. The van der Waals surface area contributed by atoms with Crippen LogP contribution in [0.25, 0.3) is 0 Å². The molecule has 1 heterocycles. The van der Waals surface area contributed by atoms with Crippen LogP contribution in [0.1, 0.15) is 34.1 Å². The fraction of sp³-hybridized carbons (Fsp3) is 0.923. The molecule has 0 amide bonds. The number of ether oxygens (including phenoxy) is 1. The second-order valence-electron chi connectivity index (χ2n) is 5.39. The molecule has 0 unspecified atom stereocenters. The van der Waals surface area contributed by atoms with E-state index in [1.165, 1.54) is 0 Å². The highest BCUT2D eigenvalue weighted by molar-refractivity contribution is 5.86. The molecule has 0 aromatic heterocycles. The van der Waals surface area contributed by atoms with Gasteiger partial charge in [0.25, 0.3) is 0 Å². The molecule has 0 aromatic carbocycles. The molecule has 1 saturated heterocycles. The molecule has 1 aliphatic rings. The number of likely N-dealkylation sites (tertiary alicyclic amines) is 1. The van der Waals surface area contributed by atoms with Crippen molar-refractivity contribution in [2.45, 2.75) is 58.4 Å². The van der Waals surface area contributed by atoms with Gasteiger partial charge in [-0.05, 0) is 13.8 Å². The van der Waals surface area contributed by atoms with Crippen LogP contribution in [0, 0.1) is 5.92 Å². The maximum Gasteiger partial charge on any atom is 0.152 e. The minimum absolute atomic E-state index is 0.0465. The number of hydrogen-bond donors (Lipinski definition) is 0. The molecule has 100 valence electrons. The van der Waals surface area contributed by atoms with Gasteiger partial charge >= 0.3 is 0 Å². The van der Waals surface area contributed by atoms with Crippen molar-refractivity contribution in [2.75, 3.05) is 13.7 Å². The van der Waals surface area contributed by atoms with Crippen LogP contribution in [0.15, 0.2) is 0 Å². The van der Waals surface area contributed by atoms with Crippen LogP contribution in [0.5, 0.6) is 0 Å². The van der Waals surface area contributed by atoms with Crippen LogP contribution in [0.4, 0.5) is 4.39 Å². The number of alkyl halides is 1. The van der Waals surface area contributed by atoms with Crippen molar-refractivity contribution in [1.82, 2.24) is 4.90 Å². The summed E-state index contributed by atoms with van der Waals surface area (Å²) in [7, 11) is 1.57. The highest BCUT2D eigenvalue weighted by Crippen LogP contribution is 2.31. The summed E-state index contributed by atoms with van der Waals surface area (Å²) in [5, 5.41) is 0. The van der Waals surface area contributed by atoms with E-state index >= 15 is 0 Å². The van der Waals surface area contributed by atoms with Crippen molar-refractivity contribution in [3.63, 3.8) is 0 Å². The Bertz CT molecular complexity index is 268. The minimum atomic E-state index is -0.968. The lowest BCUT2D eigenvalue weighted by atomic mass is 9.99. The summed E-state index contributed by atoms with van der Waals surface area (Å²) in [6.45, 7) is 8.10. The molecule has 0 spiro atoms. The molecule has 0 bridgehead atoms. The van der Waals surface area contributed by atoms with Crippen LogP contribution < -0.4 is 0 Å². The lowest BCUT2D eigenvalue weighted by Crippen LogP contribution is -2.48. The topological polar surface area (TPSA) is 29.5 Å². The fourth-order valence-corrected chi connectivity index (χ4v) is 2.66. The van der Waals surface area contributed by atoms with E-state index in [-0.39, 0.29) is 29.8 Å². The van der Waals surface area contributed by atoms with Crippen molar-refractivity contribution < 1.29 is 13.9 Å². The zero-order valence-corrected chi connectivity index (χ0v) is 11.4.